The Morgan fingerprint density at radius 3 is 3.12 bits per heavy atom. The van der Waals surface area contributed by atoms with E-state index in [4.69, 9.17) is 0 Å². The molecule has 0 bridgehead atoms. The molecule has 1 aromatic rings. The van der Waals surface area contributed by atoms with Crippen LogP contribution in [-0.2, 0) is 11.3 Å². The van der Waals surface area contributed by atoms with E-state index in [9.17, 15) is 9.18 Å². The van der Waals surface area contributed by atoms with Gasteiger partial charge in [-0.3, -0.25) is 4.79 Å². The molecule has 1 N–H and O–H groups in total. The zero-order chi connectivity index (χ0) is 11.3. The van der Waals surface area contributed by atoms with Crippen LogP contribution in [0.2, 0.25) is 0 Å². The number of fused-ring (bicyclic) bond motifs is 2. The van der Waals surface area contributed by atoms with Gasteiger partial charge in [0.25, 0.3) is 0 Å². The maximum Gasteiger partial charge on any atom is 0.224 e. The summed E-state index contributed by atoms with van der Waals surface area (Å²) in [6.45, 7) is 2.37. The molecular weight excluding hydrogens is 207 g/mol. The molecule has 1 unspecified atom stereocenters. The van der Waals surface area contributed by atoms with Crippen molar-refractivity contribution in [2.24, 2.45) is 0 Å². The van der Waals surface area contributed by atoms with Crippen LogP contribution in [0.3, 0.4) is 0 Å². The topological polar surface area (TPSA) is 32.3 Å². The number of anilines is 1. The van der Waals surface area contributed by atoms with Gasteiger partial charge in [0.2, 0.25) is 5.91 Å². The van der Waals surface area contributed by atoms with Crippen LogP contribution in [0.15, 0.2) is 18.2 Å². The number of nitrogens with zero attached hydrogens (tertiary/aromatic N) is 1. The number of carbonyl (C=O) groups excluding carboxylic acids is 1. The lowest BCUT2D eigenvalue weighted by atomic mass is 10.0. The van der Waals surface area contributed by atoms with Crippen LogP contribution in [0.25, 0.3) is 0 Å². The number of hydrogen-bond donors (Lipinski definition) is 1. The van der Waals surface area contributed by atoms with Crippen molar-refractivity contribution < 1.29 is 9.18 Å². The second-order valence-electron chi connectivity index (χ2n) is 4.64. The van der Waals surface area contributed by atoms with Crippen LogP contribution in [0.5, 0.6) is 0 Å². The first-order valence-corrected chi connectivity index (χ1v) is 5.46. The minimum atomic E-state index is -0.335. The molecule has 2 aliphatic rings. The number of halogens is 1. The number of benzene rings is 1. The smallest absolute Gasteiger partial charge is 0.224 e. The highest BCUT2D eigenvalue weighted by Crippen LogP contribution is 2.39. The predicted molar refractivity (Wildman–Crippen MR) is 58.2 cm³/mol. The fraction of sp³-hybridized carbons (Fsp3) is 0.417. The molecule has 3 nitrogen and oxygen atoms in total. The summed E-state index contributed by atoms with van der Waals surface area (Å²) in [7, 11) is 0. The third kappa shape index (κ3) is 1.16. The zero-order valence-corrected chi connectivity index (χ0v) is 9.09. The van der Waals surface area contributed by atoms with Gasteiger partial charge in [-0.1, -0.05) is 6.07 Å². The minimum Gasteiger partial charge on any atom is -0.362 e. The summed E-state index contributed by atoms with van der Waals surface area (Å²) in [5.41, 5.74) is 1.07. The SMILES string of the molecule is CC12CCC(=O)N1Cc1c(F)cccc1N2. The zero-order valence-electron chi connectivity index (χ0n) is 9.09. The maximum absolute atomic E-state index is 13.6. The highest BCUT2D eigenvalue weighted by atomic mass is 19.1. The van der Waals surface area contributed by atoms with Crippen LogP contribution in [0.1, 0.15) is 25.3 Å². The van der Waals surface area contributed by atoms with E-state index in [0.29, 0.717) is 18.5 Å². The van der Waals surface area contributed by atoms with Crippen LogP contribution in [0, 0.1) is 5.82 Å². The highest BCUT2D eigenvalue weighted by Gasteiger charge is 2.44. The number of nitrogens with one attached hydrogen (secondary N) is 1. The van der Waals surface area contributed by atoms with Crippen LogP contribution in [0.4, 0.5) is 10.1 Å². The molecule has 84 valence electrons. The third-order valence-corrected chi connectivity index (χ3v) is 3.56. The molecule has 0 radical (unpaired) electrons. The van der Waals surface area contributed by atoms with E-state index in [0.717, 1.165) is 12.1 Å². The van der Waals surface area contributed by atoms with Crippen LogP contribution >= 0.6 is 0 Å². The van der Waals surface area contributed by atoms with E-state index >= 15 is 0 Å². The van der Waals surface area contributed by atoms with Gasteiger partial charge in [0.05, 0.1) is 6.54 Å². The molecule has 0 saturated carbocycles. The summed E-state index contributed by atoms with van der Waals surface area (Å²) in [6, 6.07) is 4.99. The summed E-state index contributed by atoms with van der Waals surface area (Å²) in [5, 5.41) is 3.27. The lowest BCUT2D eigenvalue weighted by Gasteiger charge is -2.42. The lowest BCUT2D eigenvalue weighted by molar-refractivity contribution is -0.131. The van der Waals surface area contributed by atoms with Gasteiger partial charge in [0, 0.05) is 17.7 Å². The average molecular weight is 220 g/mol. The second-order valence-corrected chi connectivity index (χ2v) is 4.64. The fourth-order valence-electron chi connectivity index (χ4n) is 2.57. The van der Waals surface area contributed by atoms with E-state index in [2.05, 4.69) is 5.32 Å². The van der Waals surface area contributed by atoms with Gasteiger partial charge < -0.3 is 10.2 Å². The summed E-state index contributed by atoms with van der Waals surface area (Å²) in [5.74, 6) is -0.143. The van der Waals surface area contributed by atoms with Crippen molar-refractivity contribution in [1.29, 1.82) is 0 Å². The van der Waals surface area contributed by atoms with Crippen molar-refractivity contribution >= 4 is 11.6 Å². The van der Waals surface area contributed by atoms with E-state index < -0.39 is 0 Å². The van der Waals surface area contributed by atoms with E-state index in [1.54, 1.807) is 11.0 Å². The van der Waals surface area contributed by atoms with Crippen molar-refractivity contribution in [3.8, 4) is 0 Å². The molecule has 0 spiro atoms. The molecule has 2 aliphatic heterocycles. The van der Waals surface area contributed by atoms with Crippen molar-refractivity contribution in [3.63, 3.8) is 0 Å². The van der Waals surface area contributed by atoms with Crippen molar-refractivity contribution in [2.45, 2.75) is 32.0 Å². The largest absolute Gasteiger partial charge is 0.362 e. The Hall–Kier alpha value is -1.58. The summed E-state index contributed by atoms with van der Waals surface area (Å²) >= 11 is 0. The van der Waals surface area contributed by atoms with Gasteiger partial charge in [0.1, 0.15) is 11.5 Å². The Labute approximate surface area is 93.2 Å². The molecule has 1 fully saturated rings. The number of carbonyl (C=O) groups is 1. The van der Waals surface area contributed by atoms with Crippen LogP contribution < -0.4 is 5.32 Å². The molecule has 3 rings (SSSR count). The van der Waals surface area contributed by atoms with Gasteiger partial charge >= 0.3 is 0 Å². The lowest BCUT2D eigenvalue weighted by Crippen LogP contribution is -2.51. The fourth-order valence-corrected chi connectivity index (χ4v) is 2.57. The highest BCUT2D eigenvalue weighted by molar-refractivity contribution is 5.81. The average Bonchev–Trinajstić information content (AvgIpc) is 2.53. The monoisotopic (exact) mass is 220 g/mol. The normalized spacial score (nSPS) is 27.4. The van der Waals surface area contributed by atoms with Gasteiger partial charge in [-0.2, -0.15) is 0 Å². The minimum absolute atomic E-state index is 0.101. The number of amides is 1. The Balaban J connectivity index is 2.09. The van der Waals surface area contributed by atoms with Crippen molar-refractivity contribution in [2.75, 3.05) is 5.32 Å². The standard InChI is InChI=1S/C12H13FN2O/c1-12-6-5-11(16)15(12)7-8-9(13)3-2-4-10(8)14-12/h2-4,14H,5-7H2,1H3. The molecule has 16 heavy (non-hydrogen) atoms. The Kier molecular flexibility index (Phi) is 1.79. The van der Waals surface area contributed by atoms with Gasteiger partial charge in [-0.15, -0.1) is 0 Å². The molecule has 1 aromatic carbocycles. The molecule has 1 saturated heterocycles. The second kappa shape index (κ2) is 2.97. The van der Waals surface area contributed by atoms with E-state index in [1.807, 2.05) is 13.0 Å². The van der Waals surface area contributed by atoms with Gasteiger partial charge in [-0.05, 0) is 25.5 Å². The summed E-state index contributed by atoms with van der Waals surface area (Å²) in [6.07, 6.45) is 1.32. The van der Waals surface area contributed by atoms with Crippen LogP contribution in [-0.4, -0.2) is 16.5 Å². The predicted octanol–water partition coefficient (Wildman–Crippen LogP) is 2.09. The third-order valence-electron chi connectivity index (χ3n) is 3.56. The van der Waals surface area contributed by atoms with E-state index in [-0.39, 0.29) is 17.4 Å². The summed E-state index contributed by atoms with van der Waals surface area (Å²) in [4.78, 5) is 13.4. The molecule has 2 heterocycles. The summed E-state index contributed by atoms with van der Waals surface area (Å²) < 4.78 is 13.6. The molecule has 0 aliphatic carbocycles. The Bertz CT molecular complexity index is 474. The number of hydrogen-bond acceptors (Lipinski definition) is 2. The molecule has 4 heteroatoms. The first-order chi connectivity index (χ1) is 7.60. The Morgan fingerprint density at radius 2 is 2.31 bits per heavy atom. The van der Waals surface area contributed by atoms with Crippen molar-refractivity contribution in [3.05, 3.63) is 29.6 Å². The van der Waals surface area contributed by atoms with Gasteiger partial charge in [-0.25, -0.2) is 4.39 Å². The number of rotatable bonds is 0. The molecule has 1 atom stereocenters. The quantitative estimate of drug-likeness (QED) is 0.726. The molecule has 0 aromatic heterocycles. The Morgan fingerprint density at radius 1 is 1.50 bits per heavy atom. The first kappa shape index (κ1) is 9.63. The molecule has 1 amide bonds. The maximum atomic E-state index is 13.6. The first-order valence-electron chi connectivity index (χ1n) is 5.46. The van der Waals surface area contributed by atoms with E-state index in [1.165, 1.54) is 6.07 Å². The van der Waals surface area contributed by atoms with Gasteiger partial charge in [0.15, 0.2) is 0 Å². The van der Waals surface area contributed by atoms with Crippen molar-refractivity contribution in [1.82, 2.24) is 4.90 Å². The molecular formula is C12H13FN2O.